The molecular weight excluding hydrogens is 146 g/mol. The van der Waals surface area contributed by atoms with Crippen LogP contribution in [0.5, 0.6) is 0 Å². The largest absolute Gasteiger partial charge is 3.00 e. The predicted octanol–water partition coefficient (Wildman–Crippen LogP) is -2.83. The average molecular weight is 146 g/mol. The second-order valence-electron chi connectivity index (χ2n) is 0.447. The van der Waals surface area contributed by atoms with E-state index >= 15 is 0 Å². The van der Waals surface area contributed by atoms with Gasteiger partial charge in [-0.05, 0) is 0 Å². The molecule has 6 heteroatoms. The third-order valence-electron chi connectivity index (χ3n) is 0. The zero-order valence-corrected chi connectivity index (χ0v) is 4.82. The molecule has 0 rings (SSSR count). The van der Waals surface area contributed by atoms with Gasteiger partial charge in [-0.2, -0.15) is 7.82 Å². The molecule has 0 bridgehead atoms. The van der Waals surface area contributed by atoms with E-state index in [0.29, 0.717) is 0 Å². The Morgan fingerprint density at radius 2 is 1.17 bits per heavy atom. The summed E-state index contributed by atoms with van der Waals surface area (Å²) in [6, 6.07) is 0. The van der Waals surface area contributed by atoms with Gasteiger partial charge in [0.05, 0.1) is 0 Å². The molecule has 0 radical (unpaired) electrons. The van der Waals surface area contributed by atoms with Crippen LogP contribution in [-0.2, 0) is 23.1 Å². The van der Waals surface area contributed by atoms with Crippen LogP contribution in [-0.4, -0.2) is 0 Å². The molecular formula is O4PV. The minimum atomic E-state index is -5.39. The summed E-state index contributed by atoms with van der Waals surface area (Å²) in [7, 11) is -5.39. The standard InChI is InChI=1S/H3O4P.V/c1-5(2,3)4;/h(H3,1,2,3,4);/q;+3/p-3. The molecule has 4 nitrogen and oxygen atoms in total. The van der Waals surface area contributed by atoms with Gasteiger partial charge in [-0.1, -0.05) is 0 Å². The van der Waals surface area contributed by atoms with E-state index in [2.05, 4.69) is 0 Å². The maximum absolute atomic E-state index is 8.55. The molecule has 0 unspecified atom stereocenters. The van der Waals surface area contributed by atoms with Crippen molar-refractivity contribution in [3.05, 3.63) is 0 Å². The molecule has 0 aromatic heterocycles. The van der Waals surface area contributed by atoms with Crippen molar-refractivity contribution < 1.29 is 37.8 Å². The van der Waals surface area contributed by atoms with E-state index in [9.17, 15) is 0 Å². The quantitative estimate of drug-likeness (QED) is 0.344. The van der Waals surface area contributed by atoms with Gasteiger partial charge in [0.2, 0.25) is 0 Å². The Morgan fingerprint density at radius 3 is 1.17 bits per heavy atom. The van der Waals surface area contributed by atoms with E-state index in [1.807, 2.05) is 0 Å². The van der Waals surface area contributed by atoms with E-state index in [1.54, 1.807) is 0 Å². The number of rotatable bonds is 0. The number of phosphoric acid groups is 1. The molecule has 0 N–H and O–H groups in total. The Bertz CT molecular complexity index is 53.7. The normalized spacial score (nSPS) is 9.83. The van der Waals surface area contributed by atoms with Crippen molar-refractivity contribution >= 4 is 7.82 Å². The van der Waals surface area contributed by atoms with Crippen LogP contribution in [0.4, 0.5) is 0 Å². The minimum absolute atomic E-state index is 0. The first-order chi connectivity index (χ1) is 2.00. The van der Waals surface area contributed by atoms with Crippen LogP contribution in [0.1, 0.15) is 0 Å². The molecule has 34 valence electrons. The molecule has 0 aromatic rings. The SMILES string of the molecule is O=P([O-])([O-])[O-].[V+3]. The van der Waals surface area contributed by atoms with E-state index in [1.165, 1.54) is 0 Å². The smallest absolute Gasteiger partial charge is 0.822 e. The second kappa shape index (κ2) is 2.80. The summed E-state index contributed by atoms with van der Waals surface area (Å²) >= 11 is 0. The predicted molar refractivity (Wildman–Crippen MR) is 7.61 cm³/mol. The Kier molecular flexibility index (Phi) is 4.60. The van der Waals surface area contributed by atoms with Gasteiger partial charge in [-0.25, -0.2) is 0 Å². The molecule has 0 saturated carbocycles. The van der Waals surface area contributed by atoms with Gasteiger partial charge in [0, 0.05) is 0 Å². The Labute approximate surface area is 46.3 Å². The first-order valence-corrected chi connectivity index (χ1v) is 2.19. The van der Waals surface area contributed by atoms with Crippen molar-refractivity contribution in [1.29, 1.82) is 0 Å². The molecule has 0 aliphatic rings. The molecule has 6 heavy (non-hydrogen) atoms. The van der Waals surface area contributed by atoms with E-state index in [4.69, 9.17) is 19.2 Å². The Hall–Kier alpha value is 0.694. The van der Waals surface area contributed by atoms with E-state index in [-0.39, 0.29) is 18.6 Å². The topological polar surface area (TPSA) is 86.2 Å². The molecule has 0 fully saturated rings. The molecule has 0 heterocycles. The van der Waals surface area contributed by atoms with Gasteiger partial charge in [0.15, 0.2) is 0 Å². The molecule has 0 spiro atoms. The minimum Gasteiger partial charge on any atom is -0.822 e. The number of hydrogen-bond acceptors (Lipinski definition) is 4. The van der Waals surface area contributed by atoms with Crippen molar-refractivity contribution in [1.82, 2.24) is 0 Å². The monoisotopic (exact) mass is 146 g/mol. The van der Waals surface area contributed by atoms with Gasteiger partial charge in [-0.15, -0.1) is 0 Å². The third kappa shape index (κ3) is 133. The molecule has 0 aliphatic heterocycles. The summed E-state index contributed by atoms with van der Waals surface area (Å²) in [4.78, 5) is 25.6. The third-order valence-corrected chi connectivity index (χ3v) is 0. The first-order valence-electron chi connectivity index (χ1n) is 0.730. The summed E-state index contributed by atoms with van der Waals surface area (Å²) in [5.41, 5.74) is 0. The van der Waals surface area contributed by atoms with Crippen LogP contribution in [0, 0.1) is 0 Å². The summed E-state index contributed by atoms with van der Waals surface area (Å²) in [5, 5.41) is 0. The summed E-state index contributed by atoms with van der Waals surface area (Å²) in [5.74, 6) is 0. The van der Waals surface area contributed by atoms with Crippen molar-refractivity contribution in [2.45, 2.75) is 0 Å². The average Bonchev–Trinajstić information content (AvgIpc) is 0.722. The van der Waals surface area contributed by atoms with Crippen LogP contribution >= 0.6 is 7.82 Å². The molecule has 0 aliphatic carbocycles. The summed E-state index contributed by atoms with van der Waals surface area (Å²) < 4.78 is 8.55. The first kappa shape index (κ1) is 9.85. The van der Waals surface area contributed by atoms with E-state index < -0.39 is 7.82 Å². The fraction of sp³-hybridized carbons (Fsp3) is 0. The van der Waals surface area contributed by atoms with Crippen LogP contribution in [0.25, 0.3) is 0 Å². The van der Waals surface area contributed by atoms with Crippen molar-refractivity contribution in [2.75, 3.05) is 0 Å². The maximum atomic E-state index is 8.55. The second-order valence-corrected chi connectivity index (χ2v) is 1.34. The fourth-order valence-corrected chi connectivity index (χ4v) is 0. The van der Waals surface area contributed by atoms with Crippen molar-refractivity contribution in [2.24, 2.45) is 0 Å². The van der Waals surface area contributed by atoms with Gasteiger partial charge >= 0.3 is 18.6 Å². The maximum Gasteiger partial charge on any atom is 3.00 e. The number of hydrogen-bond donors (Lipinski definition) is 0. The van der Waals surface area contributed by atoms with Crippen LogP contribution in [0.3, 0.4) is 0 Å². The van der Waals surface area contributed by atoms with Crippen molar-refractivity contribution in [3.8, 4) is 0 Å². The van der Waals surface area contributed by atoms with Crippen LogP contribution in [0.2, 0.25) is 0 Å². The van der Waals surface area contributed by atoms with E-state index in [0.717, 1.165) is 0 Å². The van der Waals surface area contributed by atoms with Gasteiger partial charge in [-0.3, -0.25) is 0 Å². The Balaban J connectivity index is 0. The zero-order valence-electron chi connectivity index (χ0n) is 2.53. The van der Waals surface area contributed by atoms with Gasteiger partial charge in [0.25, 0.3) is 0 Å². The van der Waals surface area contributed by atoms with Gasteiger partial charge in [0.1, 0.15) is 0 Å². The molecule has 0 aromatic carbocycles. The van der Waals surface area contributed by atoms with Crippen LogP contribution < -0.4 is 14.7 Å². The summed E-state index contributed by atoms with van der Waals surface area (Å²) in [6.07, 6.45) is 0. The van der Waals surface area contributed by atoms with Crippen molar-refractivity contribution in [3.63, 3.8) is 0 Å². The Morgan fingerprint density at radius 1 is 1.17 bits per heavy atom. The zero-order chi connectivity index (χ0) is 4.50. The van der Waals surface area contributed by atoms with Gasteiger partial charge < -0.3 is 19.2 Å². The molecule has 0 amide bonds. The molecule has 0 atom stereocenters. The fourth-order valence-electron chi connectivity index (χ4n) is 0. The van der Waals surface area contributed by atoms with Crippen LogP contribution in [0.15, 0.2) is 0 Å². The molecule has 0 saturated heterocycles. The summed E-state index contributed by atoms with van der Waals surface area (Å²) in [6.45, 7) is 0.